The molecule has 1 aromatic carbocycles. The Labute approximate surface area is 109 Å². The molecule has 0 fully saturated rings. The standard InChI is InChI=1S/C15H24FNO/c1-11(2)15(4,18)10-17-9-12(3)13-5-7-14(16)8-6-13/h5-8,11-12,17-18H,9-10H2,1-4H3. The Balaban J connectivity index is 2.42. The molecule has 1 aromatic rings. The zero-order valence-corrected chi connectivity index (χ0v) is 11.7. The van der Waals surface area contributed by atoms with E-state index in [2.05, 4.69) is 12.2 Å². The van der Waals surface area contributed by atoms with Gasteiger partial charge >= 0.3 is 0 Å². The Bertz CT molecular complexity index is 359. The van der Waals surface area contributed by atoms with Crippen LogP contribution in [0.5, 0.6) is 0 Å². The van der Waals surface area contributed by atoms with Crippen molar-refractivity contribution in [2.75, 3.05) is 13.1 Å². The van der Waals surface area contributed by atoms with Gasteiger partial charge in [-0.1, -0.05) is 32.9 Å². The summed E-state index contributed by atoms with van der Waals surface area (Å²) < 4.78 is 12.8. The van der Waals surface area contributed by atoms with Gasteiger partial charge in [0.25, 0.3) is 0 Å². The van der Waals surface area contributed by atoms with E-state index >= 15 is 0 Å². The lowest BCUT2D eigenvalue weighted by Crippen LogP contribution is -2.43. The summed E-state index contributed by atoms with van der Waals surface area (Å²) in [5.74, 6) is 0.307. The monoisotopic (exact) mass is 253 g/mol. The van der Waals surface area contributed by atoms with Crippen molar-refractivity contribution >= 4 is 0 Å². The van der Waals surface area contributed by atoms with E-state index in [1.165, 1.54) is 12.1 Å². The zero-order valence-electron chi connectivity index (χ0n) is 11.7. The second-order valence-electron chi connectivity index (χ2n) is 5.60. The summed E-state index contributed by atoms with van der Waals surface area (Å²) in [4.78, 5) is 0. The fourth-order valence-electron chi connectivity index (χ4n) is 1.66. The minimum Gasteiger partial charge on any atom is -0.389 e. The number of benzene rings is 1. The molecule has 0 aliphatic carbocycles. The first-order chi connectivity index (χ1) is 8.33. The maximum atomic E-state index is 12.8. The SMILES string of the molecule is CC(CNCC(C)(O)C(C)C)c1ccc(F)cc1. The van der Waals surface area contributed by atoms with E-state index < -0.39 is 5.60 Å². The van der Waals surface area contributed by atoms with Crippen LogP contribution >= 0.6 is 0 Å². The molecule has 3 heteroatoms. The molecule has 18 heavy (non-hydrogen) atoms. The summed E-state index contributed by atoms with van der Waals surface area (Å²) in [7, 11) is 0. The first-order valence-electron chi connectivity index (χ1n) is 6.51. The normalized spacial score (nSPS) is 16.6. The molecule has 102 valence electrons. The van der Waals surface area contributed by atoms with Crippen LogP contribution in [0.3, 0.4) is 0 Å². The minimum atomic E-state index is -0.692. The Hall–Kier alpha value is -0.930. The molecular weight excluding hydrogens is 229 g/mol. The summed E-state index contributed by atoms with van der Waals surface area (Å²) in [5, 5.41) is 13.4. The van der Waals surface area contributed by atoms with Gasteiger partial charge in [0.2, 0.25) is 0 Å². The van der Waals surface area contributed by atoms with E-state index in [-0.39, 0.29) is 11.7 Å². The van der Waals surface area contributed by atoms with Crippen molar-refractivity contribution in [3.8, 4) is 0 Å². The summed E-state index contributed by atoms with van der Waals surface area (Å²) in [6.07, 6.45) is 0. The second kappa shape index (κ2) is 6.30. The molecule has 0 aromatic heterocycles. The van der Waals surface area contributed by atoms with Crippen molar-refractivity contribution in [1.29, 1.82) is 0 Å². The van der Waals surface area contributed by atoms with E-state index in [9.17, 15) is 9.50 Å². The third kappa shape index (κ3) is 4.39. The van der Waals surface area contributed by atoms with Crippen LogP contribution in [0.2, 0.25) is 0 Å². The van der Waals surface area contributed by atoms with Crippen LogP contribution in [0.1, 0.15) is 39.2 Å². The molecule has 2 atom stereocenters. The maximum absolute atomic E-state index is 12.8. The molecule has 0 spiro atoms. The van der Waals surface area contributed by atoms with Crippen molar-refractivity contribution in [3.05, 3.63) is 35.6 Å². The summed E-state index contributed by atoms with van der Waals surface area (Å²) in [5.41, 5.74) is 0.413. The van der Waals surface area contributed by atoms with Gasteiger partial charge < -0.3 is 10.4 Å². The predicted molar refractivity (Wildman–Crippen MR) is 73.1 cm³/mol. The van der Waals surface area contributed by atoms with Crippen LogP contribution in [0.15, 0.2) is 24.3 Å². The minimum absolute atomic E-state index is 0.207. The number of hydrogen-bond donors (Lipinski definition) is 2. The molecule has 0 bridgehead atoms. The summed E-state index contributed by atoms with van der Waals surface area (Å²) in [6.45, 7) is 9.28. The second-order valence-corrected chi connectivity index (χ2v) is 5.60. The summed E-state index contributed by atoms with van der Waals surface area (Å²) >= 11 is 0. The van der Waals surface area contributed by atoms with Crippen LogP contribution in [-0.2, 0) is 0 Å². The molecule has 0 aliphatic rings. The number of aliphatic hydroxyl groups is 1. The Kier molecular flexibility index (Phi) is 5.29. The smallest absolute Gasteiger partial charge is 0.123 e. The molecule has 0 amide bonds. The van der Waals surface area contributed by atoms with E-state index in [0.717, 1.165) is 12.1 Å². The average molecular weight is 253 g/mol. The molecule has 0 radical (unpaired) electrons. The first kappa shape index (κ1) is 15.1. The van der Waals surface area contributed by atoms with E-state index in [4.69, 9.17) is 0 Å². The maximum Gasteiger partial charge on any atom is 0.123 e. The van der Waals surface area contributed by atoms with Gasteiger partial charge in [0.15, 0.2) is 0 Å². The highest BCUT2D eigenvalue weighted by Gasteiger charge is 2.24. The average Bonchev–Trinajstić information content (AvgIpc) is 2.29. The lowest BCUT2D eigenvalue weighted by molar-refractivity contribution is 0.0142. The zero-order chi connectivity index (χ0) is 13.8. The highest BCUT2D eigenvalue weighted by molar-refractivity contribution is 5.20. The molecule has 2 nitrogen and oxygen atoms in total. The van der Waals surface area contributed by atoms with E-state index in [1.807, 2.05) is 32.9 Å². The van der Waals surface area contributed by atoms with Gasteiger partial charge in [-0.2, -0.15) is 0 Å². The number of rotatable bonds is 6. The molecule has 0 heterocycles. The molecule has 0 saturated heterocycles. The van der Waals surface area contributed by atoms with Gasteiger partial charge in [0.05, 0.1) is 5.60 Å². The molecule has 0 saturated carbocycles. The van der Waals surface area contributed by atoms with Gasteiger partial charge in [-0.25, -0.2) is 4.39 Å². The van der Waals surface area contributed by atoms with Gasteiger partial charge in [0, 0.05) is 13.1 Å². The highest BCUT2D eigenvalue weighted by Crippen LogP contribution is 2.17. The van der Waals surface area contributed by atoms with E-state index in [0.29, 0.717) is 12.5 Å². The topological polar surface area (TPSA) is 32.3 Å². The molecule has 2 unspecified atom stereocenters. The number of hydrogen-bond acceptors (Lipinski definition) is 2. The van der Waals surface area contributed by atoms with Crippen LogP contribution in [0.25, 0.3) is 0 Å². The van der Waals surface area contributed by atoms with Gasteiger partial charge in [-0.3, -0.25) is 0 Å². The lowest BCUT2D eigenvalue weighted by atomic mass is 9.92. The van der Waals surface area contributed by atoms with Crippen LogP contribution < -0.4 is 5.32 Å². The van der Waals surface area contributed by atoms with Gasteiger partial charge in [-0.15, -0.1) is 0 Å². The van der Waals surface area contributed by atoms with E-state index in [1.54, 1.807) is 0 Å². The highest BCUT2D eigenvalue weighted by atomic mass is 19.1. The Morgan fingerprint density at radius 2 is 1.78 bits per heavy atom. The predicted octanol–water partition coefficient (Wildman–Crippen LogP) is 2.93. The van der Waals surface area contributed by atoms with Crippen molar-refractivity contribution in [3.63, 3.8) is 0 Å². The fraction of sp³-hybridized carbons (Fsp3) is 0.600. The van der Waals surface area contributed by atoms with Crippen molar-refractivity contribution < 1.29 is 9.50 Å². The molecule has 0 aliphatic heterocycles. The van der Waals surface area contributed by atoms with Crippen LogP contribution in [0.4, 0.5) is 4.39 Å². The molecule has 2 N–H and O–H groups in total. The third-order valence-electron chi connectivity index (χ3n) is 3.62. The largest absolute Gasteiger partial charge is 0.389 e. The summed E-state index contributed by atoms with van der Waals surface area (Å²) in [6, 6.07) is 6.58. The fourth-order valence-corrected chi connectivity index (χ4v) is 1.66. The van der Waals surface area contributed by atoms with Crippen molar-refractivity contribution in [1.82, 2.24) is 5.32 Å². The molecule has 1 rings (SSSR count). The van der Waals surface area contributed by atoms with Crippen LogP contribution in [0, 0.1) is 11.7 Å². The quantitative estimate of drug-likeness (QED) is 0.817. The first-order valence-corrected chi connectivity index (χ1v) is 6.51. The van der Waals surface area contributed by atoms with Crippen molar-refractivity contribution in [2.24, 2.45) is 5.92 Å². The van der Waals surface area contributed by atoms with Gasteiger partial charge in [0.1, 0.15) is 5.82 Å². The molecular formula is C15H24FNO. The van der Waals surface area contributed by atoms with Crippen molar-refractivity contribution in [2.45, 2.75) is 39.2 Å². The van der Waals surface area contributed by atoms with Crippen LogP contribution in [-0.4, -0.2) is 23.8 Å². The van der Waals surface area contributed by atoms with Gasteiger partial charge in [-0.05, 0) is 36.5 Å². The lowest BCUT2D eigenvalue weighted by Gasteiger charge is -2.28. The third-order valence-corrected chi connectivity index (χ3v) is 3.62. The Morgan fingerprint density at radius 3 is 2.28 bits per heavy atom. The Morgan fingerprint density at radius 1 is 1.22 bits per heavy atom. The number of nitrogens with one attached hydrogen (secondary N) is 1. The number of halogens is 1.